The number of hydrogen-bond donors (Lipinski definition) is 1. The maximum atomic E-state index is 4.56. The van der Waals surface area contributed by atoms with Gasteiger partial charge in [-0.2, -0.15) is 5.10 Å². The van der Waals surface area contributed by atoms with Crippen LogP contribution in [-0.4, -0.2) is 25.2 Å². The van der Waals surface area contributed by atoms with E-state index in [0.717, 1.165) is 29.4 Å². The van der Waals surface area contributed by atoms with Crippen LogP contribution in [0.2, 0.25) is 0 Å². The lowest BCUT2D eigenvalue weighted by Crippen LogP contribution is -2.22. The summed E-state index contributed by atoms with van der Waals surface area (Å²) < 4.78 is 3.98. The summed E-state index contributed by atoms with van der Waals surface area (Å²) in [5.74, 6) is 0. The van der Waals surface area contributed by atoms with E-state index in [2.05, 4.69) is 35.4 Å². The monoisotopic (exact) mass is 275 g/mol. The van der Waals surface area contributed by atoms with Gasteiger partial charge in [-0.3, -0.25) is 9.08 Å². The van der Waals surface area contributed by atoms with E-state index >= 15 is 0 Å². The van der Waals surface area contributed by atoms with E-state index in [9.17, 15) is 0 Å². The number of hydrogen-bond acceptors (Lipinski definition) is 4. The third-order valence-electron chi connectivity index (χ3n) is 2.85. The predicted octanol–water partition coefficient (Wildman–Crippen LogP) is 2.14. The third-order valence-corrected chi connectivity index (χ3v) is 3.63. The smallest absolute Gasteiger partial charge is 0.193 e. The molecule has 1 N–H and O–H groups in total. The zero-order chi connectivity index (χ0) is 13.2. The Kier molecular flexibility index (Phi) is 3.35. The molecule has 0 atom stereocenters. The number of nitrogens with zero attached hydrogens (tertiary/aromatic N) is 4. The standard InChI is InChI=1S/C13H17N5S/c1-10(2)14-7-11-3-4-18(16-11)9-12-8-17-5-6-19-13(17)15-12/h3-6,8,10,14H,7,9H2,1-2H3. The van der Waals surface area contributed by atoms with Crippen LogP contribution in [0.5, 0.6) is 0 Å². The molecule has 3 rings (SSSR count). The van der Waals surface area contributed by atoms with Crippen molar-refractivity contribution < 1.29 is 0 Å². The molecule has 0 aromatic carbocycles. The minimum atomic E-state index is 0.477. The maximum Gasteiger partial charge on any atom is 0.193 e. The molecule has 0 spiro atoms. The van der Waals surface area contributed by atoms with E-state index in [0.29, 0.717) is 6.04 Å². The Morgan fingerprint density at radius 1 is 1.32 bits per heavy atom. The van der Waals surface area contributed by atoms with Crippen molar-refractivity contribution in [1.29, 1.82) is 0 Å². The molecule has 19 heavy (non-hydrogen) atoms. The molecule has 0 amide bonds. The van der Waals surface area contributed by atoms with Crippen LogP contribution in [0, 0.1) is 0 Å². The second-order valence-electron chi connectivity index (χ2n) is 4.87. The molecule has 3 aromatic heterocycles. The summed E-state index contributed by atoms with van der Waals surface area (Å²) in [7, 11) is 0. The van der Waals surface area contributed by atoms with Crippen molar-refractivity contribution in [3.8, 4) is 0 Å². The van der Waals surface area contributed by atoms with Gasteiger partial charge < -0.3 is 5.32 Å². The lowest BCUT2D eigenvalue weighted by atomic mass is 10.3. The number of rotatable bonds is 5. The molecule has 0 saturated heterocycles. The molecule has 100 valence electrons. The predicted molar refractivity (Wildman–Crippen MR) is 76.4 cm³/mol. The molecule has 6 heteroatoms. The van der Waals surface area contributed by atoms with E-state index in [-0.39, 0.29) is 0 Å². The lowest BCUT2D eigenvalue weighted by Gasteiger charge is -2.04. The highest BCUT2D eigenvalue weighted by atomic mass is 32.1. The first-order valence-corrected chi connectivity index (χ1v) is 7.25. The molecule has 0 bridgehead atoms. The van der Waals surface area contributed by atoms with Gasteiger partial charge in [-0.1, -0.05) is 13.8 Å². The van der Waals surface area contributed by atoms with Crippen LogP contribution < -0.4 is 5.32 Å². The van der Waals surface area contributed by atoms with Crippen LogP contribution in [0.3, 0.4) is 0 Å². The molecule has 0 saturated carbocycles. The van der Waals surface area contributed by atoms with Crippen molar-refractivity contribution in [2.24, 2.45) is 0 Å². The average Bonchev–Trinajstić information content (AvgIpc) is 3.02. The average molecular weight is 275 g/mol. The largest absolute Gasteiger partial charge is 0.309 e. The van der Waals surface area contributed by atoms with Crippen LogP contribution in [0.4, 0.5) is 0 Å². The van der Waals surface area contributed by atoms with Gasteiger partial charge in [-0.05, 0) is 6.07 Å². The van der Waals surface area contributed by atoms with E-state index in [4.69, 9.17) is 0 Å². The Bertz CT molecular complexity index is 635. The summed E-state index contributed by atoms with van der Waals surface area (Å²) >= 11 is 1.65. The molecule has 3 heterocycles. The zero-order valence-corrected chi connectivity index (χ0v) is 11.9. The Balaban J connectivity index is 1.68. The SMILES string of the molecule is CC(C)NCc1ccn(Cc2cn3ccsc3n2)n1. The molecule has 0 aliphatic carbocycles. The van der Waals surface area contributed by atoms with Crippen LogP contribution in [0.25, 0.3) is 4.96 Å². The highest BCUT2D eigenvalue weighted by molar-refractivity contribution is 7.15. The molecule has 0 aliphatic rings. The highest BCUT2D eigenvalue weighted by Crippen LogP contribution is 2.12. The highest BCUT2D eigenvalue weighted by Gasteiger charge is 2.05. The Labute approximate surface area is 115 Å². The fraction of sp³-hybridized carbons (Fsp3) is 0.385. The number of thiazole rings is 1. The second-order valence-corrected chi connectivity index (χ2v) is 5.74. The molecular formula is C13H17N5S. The molecule has 0 fully saturated rings. The fourth-order valence-electron chi connectivity index (χ4n) is 1.91. The van der Waals surface area contributed by atoms with E-state index in [1.54, 1.807) is 11.3 Å². The van der Waals surface area contributed by atoms with Crippen molar-refractivity contribution in [3.05, 3.63) is 41.4 Å². The first-order chi connectivity index (χ1) is 9.20. The zero-order valence-electron chi connectivity index (χ0n) is 11.1. The number of aromatic nitrogens is 4. The first-order valence-electron chi connectivity index (χ1n) is 6.37. The Hall–Kier alpha value is -1.66. The summed E-state index contributed by atoms with van der Waals surface area (Å²) in [5.41, 5.74) is 2.10. The fourth-order valence-corrected chi connectivity index (χ4v) is 2.63. The summed E-state index contributed by atoms with van der Waals surface area (Å²) in [4.78, 5) is 5.59. The molecular weight excluding hydrogens is 258 g/mol. The lowest BCUT2D eigenvalue weighted by molar-refractivity contribution is 0.569. The minimum Gasteiger partial charge on any atom is -0.309 e. The molecule has 0 aliphatic heterocycles. The molecule has 0 radical (unpaired) electrons. The third kappa shape index (κ3) is 2.85. The summed E-state index contributed by atoms with van der Waals surface area (Å²) in [6.45, 7) is 5.79. The van der Waals surface area contributed by atoms with Gasteiger partial charge in [0.25, 0.3) is 0 Å². The normalized spacial score (nSPS) is 11.7. The summed E-state index contributed by atoms with van der Waals surface area (Å²) in [6.07, 6.45) is 6.09. The summed E-state index contributed by atoms with van der Waals surface area (Å²) in [6, 6.07) is 2.53. The van der Waals surface area contributed by atoms with E-state index in [1.807, 2.05) is 32.9 Å². The minimum absolute atomic E-state index is 0.477. The number of imidazole rings is 1. The molecule has 5 nitrogen and oxygen atoms in total. The van der Waals surface area contributed by atoms with Gasteiger partial charge in [-0.15, -0.1) is 11.3 Å². The number of fused-ring (bicyclic) bond motifs is 1. The van der Waals surface area contributed by atoms with Gasteiger partial charge in [0.05, 0.1) is 17.9 Å². The Morgan fingerprint density at radius 2 is 2.21 bits per heavy atom. The van der Waals surface area contributed by atoms with Crippen molar-refractivity contribution in [2.45, 2.75) is 33.0 Å². The van der Waals surface area contributed by atoms with Gasteiger partial charge in [0.15, 0.2) is 4.96 Å². The topological polar surface area (TPSA) is 47.2 Å². The molecule has 0 unspecified atom stereocenters. The van der Waals surface area contributed by atoms with Crippen molar-refractivity contribution in [3.63, 3.8) is 0 Å². The number of nitrogens with one attached hydrogen (secondary N) is 1. The van der Waals surface area contributed by atoms with Crippen molar-refractivity contribution in [1.82, 2.24) is 24.5 Å². The van der Waals surface area contributed by atoms with Crippen LogP contribution in [0.1, 0.15) is 25.2 Å². The summed E-state index contributed by atoms with van der Waals surface area (Å²) in [5, 5.41) is 9.94. The van der Waals surface area contributed by atoms with Gasteiger partial charge in [0.1, 0.15) is 0 Å². The van der Waals surface area contributed by atoms with Crippen molar-refractivity contribution >= 4 is 16.3 Å². The van der Waals surface area contributed by atoms with E-state index < -0.39 is 0 Å². The van der Waals surface area contributed by atoms with Gasteiger partial charge in [-0.25, -0.2) is 4.98 Å². The van der Waals surface area contributed by atoms with Crippen molar-refractivity contribution in [2.75, 3.05) is 0 Å². The van der Waals surface area contributed by atoms with Crippen LogP contribution in [0.15, 0.2) is 30.0 Å². The van der Waals surface area contributed by atoms with Gasteiger partial charge in [0.2, 0.25) is 0 Å². The Morgan fingerprint density at radius 3 is 3.00 bits per heavy atom. The first kappa shape index (κ1) is 12.4. The molecule has 3 aromatic rings. The maximum absolute atomic E-state index is 4.56. The second kappa shape index (κ2) is 5.14. The van der Waals surface area contributed by atoms with Crippen LogP contribution in [-0.2, 0) is 13.1 Å². The van der Waals surface area contributed by atoms with E-state index in [1.165, 1.54) is 0 Å². The quantitative estimate of drug-likeness (QED) is 0.776. The van der Waals surface area contributed by atoms with Gasteiger partial charge in [0, 0.05) is 36.6 Å². The van der Waals surface area contributed by atoms with Gasteiger partial charge >= 0.3 is 0 Å². The van der Waals surface area contributed by atoms with Crippen LogP contribution >= 0.6 is 11.3 Å².